The first kappa shape index (κ1) is 16.2. The summed E-state index contributed by atoms with van der Waals surface area (Å²) in [6.45, 7) is -0.0408. The molecule has 2 rings (SSSR count). The summed E-state index contributed by atoms with van der Waals surface area (Å²) in [6.07, 6.45) is 0. The van der Waals surface area contributed by atoms with Crippen molar-refractivity contribution in [2.45, 2.75) is 13.1 Å². The standard InChI is InChI=1S/C16H13F2N3O2/c17-13-3-1-10(7-19)5-12(13)9-21-16(23)20-8-11-2-4-15(22)14(18)6-11/h1-6,22H,8-9H2,(H2,20,21,23). The molecule has 3 N–H and O–H groups in total. The fraction of sp³-hybridized carbons (Fsp3) is 0.125. The predicted octanol–water partition coefficient (Wildman–Crippen LogP) is 2.54. The lowest BCUT2D eigenvalue weighted by molar-refractivity contribution is 0.240. The average Bonchev–Trinajstić information content (AvgIpc) is 2.55. The Morgan fingerprint density at radius 2 is 1.83 bits per heavy atom. The molecule has 5 nitrogen and oxygen atoms in total. The van der Waals surface area contributed by atoms with E-state index >= 15 is 0 Å². The summed E-state index contributed by atoms with van der Waals surface area (Å²) < 4.78 is 26.7. The number of phenols is 1. The fourth-order valence-corrected chi connectivity index (χ4v) is 1.86. The molecule has 0 fully saturated rings. The number of urea groups is 1. The van der Waals surface area contributed by atoms with E-state index in [9.17, 15) is 13.6 Å². The number of nitrogens with one attached hydrogen (secondary N) is 2. The van der Waals surface area contributed by atoms with Crippen LogP contribution in [-0.4, -0.2) is 11.1 Å². The average molecular weight is 317 g/mol. The summed E-state index contributed by atoms with van der Waals surface area (Å²) in [5.41, 5.74) is 0.950. The van der Waals surface area contributed by atoms with Crippen LogP contribution in [0.5, 0.6) is 5.75 Å². The number of carbonyl (C=O) groups excluding carboxylic acids is 1. The minimum Gasteiger partial charge on any atom is -0.505 e. The van der Waals surface area contributed by atoms with Crippen molar-refractivity contribution in [1.29, 1.82) is 5.26 Å². The lowest BCUT2D eigenvalue weighted by atomic mass is 10.1. The Kier molecular flexibility index (Phi) is 5.10. The van der Waals surface area contributed by atoms with Crippen molar-refractivity contribution in [1.82, 2.24) is 10.6 Å². The summed E-state index contributed by atoms with van der Waals surface area (Å²) in [6, 6.07) is 8.93. The predicted molar refractivity (Wildman–Crippen MR) is 78.3 cm³/mol. The van der Waals surface area contributed by atoms with Crippen LogP contribution in [0.1, 0.15) is 16.7 Å². The topological polar surface area (TPSA) is 85.2 Å². The van der Waals surface area contributed by atoms with Crippen molar-refractivity contribution in [3.8, 4) is 11.8 Å². The van der Waals surface area contributed by atoms with Gasteiger partial charge in [0.1, 0.15) is 5.82 Å². The maximum atomic E-state index is 13.5. The molecule has 7 heteroatoms. The molecule has 2 aromatic carbocycles. The van der Waals surface area contributed by atoms with Gasteiger partial charge in [0.25, 0.3) is 0 Å². The van der Waals surface area contributed by atoms with Gasteiger partial charge in [-0.05, 0) is 35.9 Å². The highest BCUT2D eigenvalue weighted by Gasteiger charge is 2.07. The number of hydrogen-bond donors (Lipinski definition) is 3. The van der Waals surface area contributed by atoms with Crippen LogP contribution < -0.4 is 10.6 Å². The molecule has 0 unspecified atom stereocenters. The van der Waals surface area contributed by atoms with Crippen LogP contribution in [-0.2, 0) is 13.1 Å². The zero-order valence-electron chi connectivity index (χ0n) is 11.9. The van der Waals surface area contributed by atoms with Gasteiger partial charge in [0.05, 0.1) is 11.6 Å². The molecule has 0 radical (unpaired) electrons. The lowest BCUT2D eigenvalue weighted by Gasteiger charge is -2.09. The first-order chi connectivity index (χ1) is 11.0. The van der Waals surface area contributed by atoms with Crippen LogP contribution in [0.25, 0.3) is 0 Å². The van der Waals surface area contributed by atoms with Gasteiger partial charge in [-0.1, -0.05) is 6.07 Å². The third-order valence-corrected chi connectivity index (χ3v) is 3.08. The monoisotopic (exact) mass is 317 g/mol. The fourth-order valence-electron chi connectivity index (χ4n) is 1.86. The van der Waals surface area contributed by atoms with Gasteiger partial charge in [-0.3, -0.25) is 0 Å². The summed E-state index contributed by atoms with van der Waals surface area (Å²) in [7, 11) is 0. The number of halogens is 2. The van der Waals surface area contributed by atoms with E-state index in [0.717, 1.165) is 12.1 Å². The Hall–Kier alpha value is -3.14. The molecule has 0 atom stereocenters. The minimum atomic E-state index is -0.778. The van der Waals surface area contributed by atoms with Crippen molar-refractivity contribution >= 4 is 6.03 Å². The molecule has 0 saturated carbocycles. The molecule has 0 aliphatic rings. The number of nitrogens with zero attached hydrogens (tertiary/aromatic N) is 1. The van der Waals surface area contributed by atoms with Gasteiger partial charge in [0, 0.05) is 18.7 Å². The Balaban J connectivity index is 1.88. The van der Waals surface area contributed by atoms with Gasteiger partial charge >= 0.3 is 6.03 Å². The first-order valence-electron chi connectivity index (χ1n) is 6.67. The number of amides is 2. The smallest absolute Gasteiger partial charge is 0.315 e. The van der Waals surface area contributed by atoms with E-state index < -0.39 is 23.4 Å². The molecule has 2 amide bonds. The number of phenolic OH excluding ortho intramolecular Hbond substituents is 1. The molecular formula is C16H13F2N3O2. The van der Waals surface area contributed by atoms with Gasteiger partial charge in [-0.15, -0.1) is 0 Å². The second kappa shape index (κ2) is 7.22. The van der Waals surface area contributed by atoms with E-state index in [1.807, 2.05) is 6.07 Å². The van der Waals surface area contributed by atoms with Crippen LogP contribution >= 0.6 is 0 Å². The maximum Gasteiger partial charge on any atom is 0.315 e. The van der Waals surface area contributed by atoms with E-state index in [1.54, 1.807) is 0 Å². The van der Waals surface area contributed by atoms with Gasteiger partial charge in [-0.25, -0.2) is 13.6 Å². The Labute approximate surface area is 131 Å². The molecule has 0 spiro atoms. The molecule has 0 aliphatic heterocycles. The molecule has 0 heterocycles. The Morgan fingerprint density at radius 3 is 2.52 bits per heavy atom. The molecule has 0 aromatic heterocycles. The van der Waals surface area contributed by atoms with Gasteiger partial charge in [0.2, 0.25) is 0 Å². The van der Waals surface area contributed by atoms with E-state index in [1.165, 1.54) is 24.3 Å². The second-order valence-corrected chi connectivity index (χ2v) is 4.74. The zero-order chi connectivity index (χ0) is 16.8. The number of benzene rings is 2. The molecule has 0 saturated heterocycles. The van der Waals surface area contributed by atoms with Crippen molar-refractivity contribution in [2.75, 3.05) is 0 Å². The molecule has 0 bridgehead atoms. The van der Waals surface area contributed by atoms with Crippen molar-refractivity contribution in [3.63, 3.8) is 0 Å². The quantitative estimate of drug-likeness (QED) is 0.810. The molecule has 2 aromatic rings. The van der Waals surface area contributed by atoms with E-state index in [2.05, 4.69) is 10.6 Å². The number of hydrogen-bond acceptors (Lipinski definition) is 3. The number of nitriles is 1. The largest absolute Gasteiger partial charge is 0.505 e. The third kappa shape index (κ3) is 4.41. The van der Waals surface area contributed by atoms with E-state index in [0.29, 0.717) is 11.1 Å². The van der Waals surface area contributed by atoms with Gasteiger partial charge in [-0.2, -0.15) is 5.26 Å². The van der Waals surface area contributed by atoms with E-state index in [4.69, 9.17) is 10.4 Å². The summed E-state index contributed by atoms with van der Waals surface area (Å²) >= 11 is 0. The molecular weight excluding hydrogens is 304 g/mol. The van der Waals surface area contributed by atoms with Gasteiger partial charge < -0.3 is 15.7 Å². The summed E-state index contributed by atoms with van der Waals surface area (Å²) in [4.78, 5) is 11.7. The van der Waals surface area contributed by atoms with Crippen LogP contribution in [0.2, 0.25) is 0 Å². The molecule has 118 valence electrons. The third-order valence-electron chi connectivity index (χ3n) is 3.08. The number of rotatable bonds is 4. The van der Waals surface area contributed by atoms with E-state index in [-0.39, 0.29) is 18.7 Å². The minimum absolute atomic E-state index is 0.0454. The summed E-state index contributed by atoms with van der Waals surface area (Å²) in [5.74, 6) is -1.77. The summed E-state index contributed by atoms with van der Waals surface area (Å²) in [5, 5.41) is 22.8. The molecule has 0 aliphatic carbocycles. The number of aromatic hydroxyl groups is 1. The second-order valence-electron chi connectivity index (χ2n) is 4.74. The number of carbonyl (C=O) groups is 1. The van der Waals surface area contributed by atoms with Crippen LogP contribution in [0.3, 0.4) is 0 Å². The SMILES string of the molecule is N#Cc1ccc(F)c(CNC(=O)NCc2ccc(O)c(F)c2)c1. The maximum absolute atomic E-state index is 13.5. The van der Waals surface area contributed by atoms with Crippen molar-refractivity contribution in [3.05, 3.63) is 64.7 Å². The highest BCUT2D eigenvalue weighted by molar-refractivity contribution is 5.73. The first-order valence-corrected chi connectivity index (χ1v) is 6.67. The van der Waals surface area contributed by atoms with Crippen LogP contribution in [0.4, 0.5) is 13.6 Å². The highest BCUT2D eigenvalue weighted by Crippen LogP contribution is 2.15. The van der Waals surface area contributed by atoms with Crippen molar-refractivity contribution < 1.29 is 18.7 Å². The Morgan fingerprint density at radius 1 is 1.09 bits per heavy atom. The lowest BCUT2D eigenvalue weighted by Crippen LogP contribution is -2.34. The molecule has 23 heavy (non-hydrogen) atoms. The van der Waals surface area contributed by atoms with Crippen LogP contribution in [0, 0.1) is 23.0 Å². The van der Waals surface area contributed by atoms with Crippen molar-refractivity contribution in [2.24, 2.45) is 0 Å². The Bertz CT molecular complexity index is 772. The highest BCUT2D eigenvalue weighted by atomic mass is 19.1. The normalized spacial score (nSPS) is 9.96. The van der Waals surface area contributed by atoms with Gasteiger partial charge in [0.15, 0.2) is 11.6 Å². The zero-order valence-corrected chi connectivity index (χ0v) is 11.9. The van der Waals surface area contributed by atoms with Crippen LogP contribution in [0.15, 0.2) is 36.4 Å².